The van der Waals surface area contributed by atoms with Crippen LogP contribution in [0.5, 0.6) is 0 Å². The van der Waals surface area contributed by atoms with Crippen LogP contribution >= 0.6 is 0 Å². The SMILES string of the molecule is Cc1ccccc1CC(=O)N1CCN(Cc2ccc(C#N)cc2)CC1. The van der Waals surface area contributed by atoms with Gasteiger partial charge in [-0.15, -0.1) is 0 Å². The van der Waals surface area contributed by atoms with Crippen LogP contribution in [-0.2, 0) is 17.8 Å². The van der Waals surface area contributed by atoms with Gasteiger partial charge in [-0.2, -0.15) is 5.26 Å². The quantitative estimate of drug-likeness (QED) is 0.864. The van der Waals surface area contributed by atoms with Crippen LogP contribution in [-0.4, -0.2) is 41.9 Å². The van der Waals surface area contributed by atoms with Gasteiger partial charge in [0, 0.05) is 32.7 Å². The van der Waals surface area contributed by atoms with Crippen LogP contribution in [0.1, 0.15) is 22.3 Å². The molecule has 0 aromatic heterocycles. The van der Waals surface area contributed by atoms with Crippen LogP contribution in [0.4, 0.5) is 0 Å². The van der Waals surface area contributed by atoms with Crippen molar-refractivity contribution < 1.29 is 4.79 Å². The highest BCUT2D eigenvalue weighted by molar-refractivity contribution is 5.79. The molecular weight excluding hydrogens is 310 g/mol. The Kier molecular flexibility index (Phi) is 5.47. The van der Waals surface area contributed by atoms with E-state index in [0.29, 0.717) is 12.0 Å². The lowest BCUT2D eigenvalue weighted by molar-refractivity contribution is -0.132. The molecule has 0 N–H and O–H groups in total. The van der Waals surface area contributed by atoms with Crippen molar-refractivity contribution >= 4 is 5.91 Å². The minimum absolute atomic E-state index is 0.215. The van der Waals surface area contributed by atoms with Gasteiger partial charge < -0.3 is 4.90 Å². The number of carbonyl (C=O) groups is 1. The number of piperazine rings is 1. The standard InChI is InChI=1S/C21H23N3O/c1-17-4-2-3-5-20(17)14-21(25)24-12-10-23(11-13-24)16-19-8-6-18(15-22)7-9-19/h2-9H,10-14,16H2,1H3. The fourth-order valence-corrected chi connectivity index (χ4v) is 3.18. The first-order valence-corrected chi connectivity index (χ1v) is 8.69. The van der Waals surface area contributed by atoms with E-state index in [1.807, 2.05) is 47.4 Å². The highest BCUT2D eigenvalue weighted by atomic mass is 16.2. The van der Waals surface area contributed by atoms with Gasteiger partial charge in [0.05, 0.1) is 18.1 Å². The van der Waals surface area contributed by atoms with E-state index < -0.39 is 0 Å². The minimum atomic E-state index is 0.215. The fourth-order valence-electron chi connectivity index (χ4n) is 3.18. The number of aryl methyl sites for hydroxylation is 1. The van der Waals surface area contributed by atoms with Crippen molar-refractivity contribution in [2.45, 2.75) is 19.9 Å². The van der Waals surface area contributed by atoms with Crippen LogP contribution in [0.3, 0.4) is 0 Å². The molecule has 4 nitrogen and oxygen atoms in total. The summed E-state index contributed by atoms with van der Waals surface area (Å²) in [5.41, 5.74) is 4.19. The number of hydrogen-bond acceptors (Lipinski definition) is 3. The third kappa shape index (κ3) is 4.46. The monoisotopic (exact) mass is 333 g/mol. The smallest absolute Gasteiger partial charge is 0.227 e. The molecule has 2 aromatic carbocycles. The topological polar surface area (TPSA) is 47.3 Å². The molecule has 0 radical (unpaired) electrons. The van der Waals surface area contributed by atoms with Crippen molar-refractivity contribution in [1.29, 1.82) is 5.26 Å². The maximum absolute atomic E-state index is 12.5. The number of nitriles is 1. The first-order valence-electron chi connectivity index (χ1n) is 8.69. The van der Waals surface area contributed by atoms with E-state index in [2.05, 4.69) is 24.0 Å². The number of benzene rings is 2. The molecule has 25 heavy (non-hydrogen) atoms. The summed E-state index contributed by atoms with van der Waals surface area (Å²) in [5, 5.41) is 8.86. The van der Waals surface area contributed by atoms with Crippen LogP contribution < -0.4 is 0 Å². The molecule has 1 saturated heterocycles. The summed E-state index contributed by atoms with van der Waals surface area (Å²) in [5.74, 6) is 0.215. The molecule has 0 spiro atoms. The highest BCUT2D eigenvalue weighted by Gasteiger charge is 2.21. The molecule has 1 amide bonds. The third-order valence-corrected chi connectivity index (χ3v) is 4.82. The average Bonchev–Trinajstić information content (AvgIpc) is 2.65. The second-order valence-corrected chi connectivity index (χ2v) is 6.57. The zero-order chi connectivity index (χ0) is 17.6. The van der Waals surface area contributed by atoms with Gasteiger partial charge in [-0.3, -0.25) is 9.69 Å². The van der Waals surface area contributed by atoms with Crippen LogP contribution in [0.15, 0.2) is 48.5 Å². The van der Waals surface area contributed by atoms with Gasteiger partial charge in [0.15, 0.2) is 0 Å². The Labute approximate surface area is 149 Å². The molecule has 128 valence electrons. The molecule has 1 heterocycles. The fraction of sp³-hybridized carbons (Fsp3) is 0.333. The normalized spacial score (nSPS) is 15.0. The van der Waals surface area contributed by atoms with Crippen LogP contribution in [0.25, 0.3) is 0 Å². The van der Waals surface area contributed by atoms with Crippen molar-refractivity contribution in [2.24, 2.45) is 0 Å². The Hall–Kier alpha value is -2.64. The Morgan fingerprint density at radius 2 is 1.72 bits per heavy atom. The van der Waals surface area contributed by atoms with E-state index in [1.54, 1.807) is 0 Å². The Morgan fingerprint density at radius 3 is 2.36 bits per heavy atom. The van der Waals surface area contributed by atoms with Gasteiger partial charge in [-0.05, 0) is 35.7 Å². The maximum Gasteiger partial charge on any atom is 0.227 e. The predicted octanol–water partition coefficient (Wildman–Crippen LogP) is 2.75. The van der Waals surface area contributed by atoms with Gasteiger partial charge in [-0.1, -0.05) is 36.4 Å². The summed E-state index contributed by atoms with van der Waals surface area (Å²) >= 11 is 0. The zero-order valence-corrected chi connectivity index (χ0v) is 14.6. The second-order valence-electron chi connectivity index (χ2n) is 6.57. The average molecular weight is 333 g/mol. The number of nitrogens with zero attached hydrogens (tertiary/aromatic N) is 3. The molecule has 0 atom stereocenters. The lowest BCUT2D eigenvalue weighted by Crippen LogP contribution is -2.48. The van der Waals surface area contributed by atoms with E-state index >= 15 is 0 Å². The van der Waals surface area contributed by atoms with Gasteiger partial charge in [0.25, 0.3) is 0 Å². The van der Waals surface area contributed by atoms with Gasteiger partial charge in [0.1, 0.15) is 0 Å². The number of carbonyl (C=O) groups excluding carboxylic acids is 1. The second kappa shape index (κ2) is 7.96. The van der Waals surface area contributed by atoms with Gasteiger partial charge >= 0.3 is 0 Å². The van der Waals surface area contributed by atoms with E-state index in [0.717, 1.165) is 38.3 Å². The first-order chi connectivity index (χ1) is 12.2. The molecular formula is C21H23N3O. The maximum atomic E-state index is 12.5. The van der Waals surface area contributed by atoms with Crippen molar-refractivity contribution in [3.8, 4) is 6.07 Å². The predicted molar refractivity (Wildman–Crippen MR) is 97.9 cm³/mol. The van der Waals surface area contributed by atoms with Crippen molar-refractivity contribution in [2.75, 3.05) is 26.2 Å². The molecule has 3 rings (SSSR count). The van der Waals surface area contributed by atoms with Crippen molar-refractivity contribution in [1.82, 2.24) is 9.80 Å². The summed E-state index contributed by atoms with van der Waals surface area (Å²) in [6, 6.07) is 18.0. The van der Waals surface area contributed by atoms with E-state index in [1.165, 1.54) is 11.1 Å². The Bertz CT molecular complexity index is 768. The number of rotatable bonds is 4. The summed E-state index contributed by atoms with van der Waals surface area (Å²) in [6.45, 7) is 6.25. The summed E-state index contributed by atoms with van der Waals surface area (Å²) < 4.78 is 0. The number of amides is 1. The summed E-state index contributed by atoms with van der Waals surface area (Å²) in [6.07, 6.45) is 0.488. The van der Waals surface area contributed by atoms with Crippen LogP contribution in [0.2, 0.25) is 0 Å². The minimum Gasteiger partial charge on any atom is -0.340 e. The first kappa shape index (κ1) is 17.2. The summed E-state index contributed by atoms with van der Waals surface area (Å²) in [4.78, 5) is 16.9. The van der Waals surface area contributed by atoms with Crippen molar-refractivity contribution in [3.05, 3.63) is 70.8 Å². The molecule has 0 saturated carbocycles. The lowest BCUT2D eigenvalue weighted by atomic mass is 10.1. The molecule has 1 aliphatic heterocycles. The van der Waals surface area contributed by atoms with E-state index in [4.69, 9.17) is 5.26 Å². The van der Waals surface area contributed by atoms with Crippen molar-refractivity contribution in [3.63, 3.8) is 0 Å². The van der Waals surface area contributed by atoms with E-state index in [9.17, 15) is 4.79 Å². The Balaban J connectivity index is 1.50. The molecule has 1 fully saturated rings. The third-order valence-electron chi connectivity index (χ3n) is 4.82. The highest BCUT2D eigenvalue weighted by Crippen LogP contribution is 2.13. The molecule has 1 aliphatic rings. The molecule has 0 unspecified atom stereocenters. The molecule has 2 aromatic rings. The molecule has 4 heteroatoms. The van der Waals surface area contributed by atoms with E-state index in [-0.39, 0.29) is 5.91 Å². The zero-order valence-electron chi connectivity index (χ0n) is 14.6. The largest absolute Gasteiger partial charge is 0.340 e. The lowest BCUT2D eigenvalue weighted by Gasteiger charge is -2.35. The van der Waals surface area contributed by atoms with Gasteiger partial charge in [0.2, 0.25) is 5.91 Å². The number of hydrogen-bond donors (Lipinski definition) is 0. The summed E-state index contributed by atoms with van der Waals surface area (Å²) in [7, 11) is 0. The Morgan fingerprint density at radius 1 is 1.04 bits per heavy atom. The molecule has 0 bridgehead atoms. The van der Waals surface area contributed by atoms with Gasteiger partial charge in [-0.25, -0.2) is 0 Å². The van der Waals surface area contributed by atoms with Crippen LogP contribution in [0, 0.1) is 18.3 Å². The molecule has 0 aliphatic carbocycles.